The molecule has 1 amide bonds. The number of benzene rings is 1. The van der Waals surface area contributed by atoms with Gasteiger partial charge in [0.25, 0.3) is 5.91 Å². The summed E-state index contributed by atoms with van der Waals surface area (Å²) in [6, 6.07) is 5.20. The van der Waals surface area contributed by atoms with Crippen LogP contribution in [0.1, 0.15) is 31.2 Å². The van der Waals surface area contributed by atoms with Crippen molar-refractivity contribution in [3.8, 4) is 0 Å². The van der Waals surface area contributed by atoms with Gasteiger partial charge in [0.15, 0.2) is 0 Å². The van der Waals surface area contributed by atoms with Gasteiger partial charge in [0.05, 0.1) is 17.5 Å². The van der Waals surface area contributed by atoms with Crippen LogP contribution in [0.3, 0.4) is 0 Å². The molecular formula is C16H18F3N3O2. The van der Waals surface area contributed by atoms with E-state index in [1.54, 1.807) is 22.8 Å². The van der Waals surface area contributed by atoms with E-state index >= 15 is 0 Å². The second-order valence-corrected chi connectivity index (χ2v) is 5.35. The Bertz CT molecular complexity index is 751. The third-order valence-electron chi connectivity index (χ3n) is 3.47. The van der Waals surface area contributed by atoms with E-state index in [-0.39, 0.29) is 6.42 Å². The molecule has 1 aromatic heterocycles. The van der Waals surface area contributed by atoms with Gasteiger partial charge < -0.3 is 4.57 Å². The minimum Gasteiger partial charge on any atom is -0.328 e. The number of aryl methyl sites for hydroxylation is 2. The molecule has 2 aromatic rings. The van der Waals surface area contributed by atoms with E-state index in [4.69, 9.17) is 5.21 Å². The Morgan fingerprint density at radius 2 is 2.17 bits per heavy atom. The zero-order chi connectivity index (χ0) is 17.7. The number of alkyl halides is 3. The van der Waals surface area contributed by atoms with Crippen LogP contribution in [0.25, 0.3) is 17.1 Å². The van der Waals surface area contributed by atoms with Crippen molar-refractivity contribution in [3.05, 3.63) is 35.7 Å². The Balaban J connectivity index is 2.35. The van der Waals surface area contributed by atoms with Gasteiger partial charge in [-0.1, -0.05) is 13.0 Å². The van der Waals surface area contributed by atoms with Crippen LogP contribution >= 0.6 is 0 Å². The van der Waals surface area contributed by atoms with E-state index in [1.165, 1.54) is 11.6 Å². The lowest BCUT2D eigenvalue weighted by atomic mass is 10.2. The molecule has 1 heterocycles. The maximum Gasteiger partial charge on any atom is 0.389 e. The monoisotopic (exact) mass is 341 g/mol. The highest BCUT2D eigenvalue weighted by atomic mass is 19.4. The van der Waals surface area contributed by atoms with E-state index in [9.17, 15) is 18.0 Å². The van der Waals surface area contributed by atoms with Crippen molar-refractivity contribution in [2.24, 2.45) is 0 Å². The van der Waals surface area contributed by atoms with Crippen molar-refractivity contribution in [1.29, 1.82) is 0 Å². The first-order chi connectivity index (χ1) is 11.3. The molecule has 2 rings (SSSR count). The van der Waals surface area contributed by atoms with Crippen molar-refractivity contribution in [2.75, 3.05) is 0 Å². The lowest BCUT2D eigenvalue weighted by Crippen LogP contribution is -2.14. The molecule has 0 spiro atoms. The first-order valence-corrected chi connectivity index (χ1v) is 7.52. The molecular weight excluding hydrogens is 323 g/mol. The number of halogens is 3. The number of carbonyl (C=O) groups excluding carboxylic acids is 1. The topological polar surface area (TPSA) is 67.2 Å². The maximum absolute atomic E-state index is 12.5. The van der Waals surface area contributed by atoms with Gasteiger partial charge in [-0.2, -0.15) is 13.2 Å². The second-order valence-electron chi connectivity index (χ2n) is 5.35. The molecule has 0 saturated heterocycles. The first-order valence-electron chi connectivity index (χ1n) is 7.52. The molecule has 0 aliphatic heterocycles. The predicted octanol–water partition coefficient (Wildman–Crippen LogP) is 3.46. The number of hydrogen-bond acceptors (Lipinski definition) is 3. The van der Waals surface area contributed by atoms with Gasteiger partial charge in [-0.25, -0.2) is 10.5 Å². The Labute approximate surface area is 136 Å². The standard InChI is InChI=1S/C16H18F3N3O2/c1-2-9-22-13-5-3-11(4-6-15(23)21-24)10-12(13)20-14(22)7-8-16(17,18)19/h3-6,10,24H,2,7-9H2,1H3,(H,21,23)/b6-4+. The van der Waals surface area contributed by atoms with E-state index in [0.717, 1.165) is 18.0 Å². The summed E-state index contributed by atoms with van der Waals surface area (Å²) in [6.45, 7) is 2.54. The van der Waals surface area contributed by atoms with E-state index in [1.807, 2.05) is 6.92 Å². The van der Waals surface area contributed by atoms with Gasteiger partial charge in [-0.3, -0.25) is 10.0 Å². The van der Waals surface area contributed by atoms with Crippen molar-refractivity contribution < 1.29 is 23.2 Å². The molecule has 0 radical (unpaired) electrons. The summed E-state index contributed by atoms with van der Waals surface area (Å²) in [5.74, 6) is -0.268. The average molecular weight is 341 g/mol. The zero-order valence-electron chi connectivity index (χ0n) is 13.1. The SMILES string of the molecule is CCCn1c(CCC(F)(F)F)nc2cc(/C=C/C(=O)NO)ccc21. The lowest BCUT2D eigenvalue weighted by Gasteiger charge is -2.09. The van der Waals surface area contributed by atoms with E-state index in [0.29, 0.717) is 23.4 Å². The fraction of sp³-hybridized carbons (Fsp3) is 0.375. The van der Waals surface area contributed by atoms with Crippen molar-refractivity contribution in [2.45, 2.75) is 38.9 Å². The average Bonchev–Trinajstić information content (AvgIpc) is 2.87. The molecule has 24 heavy (non-hydrogen) atoms. The number of nitrogens with zero attached hydrogens (tertiary/aromatic N) is 2. The number of aromatic nitrogens is 2. The highest BCUT2D eigenvalue weighted by molar-refractivity contribution is 5.91. The molecule has 1 aromatic carbocycles. The number of rotatable bonds is 6. The van der Waals surface area contributed by atoms with E-state index < -0.39 is 18.5 Å². The van der Waals surface area contributed by atoms with Gasteiger partial charge in [0.2, 0.25) is 0 Å². The highest BCUT2D eigenvalue weighted by Gasteiger charge is 2.27. The van der Waals surface area contributed by atoms with Crippen LogP contribution in [0, 0.1) is 0 Å². The zero-order valence-corrected chi connectivity index (χ0v) is 13.1. The van der Waals surface area contributed by atoms with Gasteiger partial charge >= 0.3 is 6.18 Å². The summed E-state index contributed by atoms with van der Waals surface area (Å²) < 4.78 is 39.3. The summed E-state index contributed by atoms with van der Waals surface area (Å²) in [6.07, 6.45) is -1.89. The number of fused-ring (bicyclic) bond motifs is 1. The maximum atomic E-state index is 12.5. The molecule has 0 saturated carbocycles. The number of carbonyl (C=O) groups is 1. The van der Waals surface area contributed by atoms with E-state index in [2.05, 4.69) is 4.98 Å². The Hall–Kier alpha value is -2.35. The van der Waals surface area contributed by atoms with Crippen LogP contribution in [0.15, 0.2) is 24.3 Å². The van der Waals surface area contributed by atoms with Crippen LogP contribution in [0.5, 0.6) is 0 Å². The Kier molecular flexibility index (Phi) is 5.61. The van der Waals surface area contributed by atoms with Crippen molar-refractivity contribution in [1.82, 2.24) is 15.0 Å². The van der Waals surface area contributed by atoms with Gasteiger partial charge in [0.1, 0.15) is 5.82 Å². The third-order valence-corrected chi connectivity index (χ3v) is 3.47. The lowest BCUT2D eigenvalue weighted by molar-refractivity contribution is -0.134. The van der Waals surface area contributed by atoms with Crippen LogP contribution < -0.4 is 5.48 Å². The molecule has 8 heteroatoms. The van der Waals surface area contributed by atoms with Crippen molar-refractivity contribution >= 4 is 23.0 Å². The number of hydrogen-bond donors (Lipinski definition) is 2. The number of imidazole rings is 1. The largest absolute Gasteiger partial charge is 0.389 e. The molecule has 5 nitrogen and oxygen atoms in total. The van der Waals surface area contributed by atoms with Crippen molar-refractivity contribution in [3.63, 3.8) is 0 Å². The molecule has 0 fully saturated rings. The molecule has 0 atom stereocenters. The second kappa shape index (κ2) is 7.48. The molecule has 0 aliphatic rings. The molecule has 0 unspecified atom stereocenters. The molecule has 0 aliphatic carbocycles. The quantitative estimate of drug-likeness (QED) is 0.480. The smallest absolute Gasteiger partial charge is 0.328 e. The van der Waals surface area contributed by atoms with Crippen LogP contribution in [-0.4, -0.2) is 26.8 Å². The molecule has 2 N–H and O–H groups in total. The van der Waals surface area contributed by atoms with Gasteiger partial charge in [-0.15, -0.1) is 0 Å². The summed E-state index contributed by atoms with van der Waals surface area (Å²) in [4.78, 5) is 15.3. The normalized spacial score (nSPS) is 12.2. The number of nitrogens with one attached hydrogen (secondary N) is 1. The Morgan fingerprint density at radius 1 is 1.42 bits per heavy atom. The van der Waals surface area contributed by atoms with Crippen LogP contribution in [0.4, 0.5) is 13.2 Å². The van der Waals surface area contributed by atoms with Gasteiger partial charge in [-0.05, 0) is 30.2 Å². The van der Waals surface area contributed by atoms with Gasteiger partial charge in [0, 0.05) is 19.0 Å². The predicted molar refractivity (Wildman–Crippen MR) is 83.4 cm³/mol. The molecule has 130 valence electrons. The summed E-state index contributed by atoms with van der Waals surface area (Å²) in [5, 5.41) is 8.45. The summed E-state index contributed by atoms with van der Waals surface area (Å²) >= 11 is 0. The number of hydroxylamine groups is 1. The van der Waals surface area contributed by atoms with Crippen LogP contribution in [0.2, 0.25) is 0 Å². The molecule has 0 bridgehead atoms. The third kappa shape index (κ3) is 4.58. The fourth-order valence-corrected chi connectivity index (χ4v) is 2.43. The number of amides is 1. The fourth-order valence-electron chi connectivity index (χ4n) is 2.43. The highest BCUT2D eigenvalue weighted by Crippen LogP contribution is 2.25. The Morgan fingerprint density at radius 3 is 2.79 bits per heavy atom. The minimum absolute atomic E-state index is 0.170. The summed E-state index contributed by atoms with van der Waals surface area (Å²) in [7, 11) is 0. The minimum atomic E-state index is -4.22. The first kappa shape index (κ1) is 18.0. The summed E-state index contributed by atoms with van der Waals surface area (Å²) in [5.41, 5.74) is 3.48. The van der Waals surface area contributed by atoms with Crippen LogP contribution in [-0.2, 0) is 17.8 Å².